The lowest BCUT2D eigenvalue weighted by Gasteiger charge is -2.13. The smallest absolute Gasteiger partial charge is 0.339 e. The van der Waals surface area contributed by atoms with Gasteiger partial charge >= 0.3 is 5.97 Å². The first-order valence-electron chi connectivity index (χ1n) is 9.97. The normalized spacial score (nSPS) is 14.3. The van der Waals surface area contributed by atoms with Gasteiger partial charge in [-0.15, -0.1) is 0 Å². The first-order chi connectivity index (χ1) is 14.7. The van der Waals surface area contributed by atoms with Gasteiger partial charge in [0.1, 0.15) is 12.2 Å². The molecular weight excluding hydrogens is 384 g/mol. The van der Waals surface area contributed by atoms with Crippen LogP contribution in [-0.4, -0.2) is 42.3 Å². The highest BCUT2D eigenvalue weighted by molar-refractivity contribution is 6.18. The van der Waals surface area contributed by atoms with Crippen LogP contribution in [0.3, 0.4) is 0 Å². The summed E-state index contributed by atoms with van der Waals surface area (Å²) in [5.74, 6) is -0.305. The Bertz CT molecular complexity index is 891. The number of aromatic nitrogens is 1. The maximum atomic E-state index is 11.7. The molecule has 0 amide bonds. The molecule has 0 saturated heterocycles. The summed E-state index contributed by atoms with van der Waals surface area (Å²) < 4.78 is 10.9. The largest absolute Gasteiger partial charge is 0.503 e. The van der Waals surface area contributed by atoms with Gasteiger partial charge in [-0.1, -0.05) is 24.3 Å². The maximum Gasteiger partial charge on any atom is 0.339 e. The monoisotopic (exact) mass is 410 g/mol. The molecule has 0 aliphatic heterocycles. The van der Waals surface area contributed by atoms with Gasteiger partial charge in [0.05, 0.1) is 20.0 Å². The van der Waals surface area contributed by atoms with E-state index >= 15 is 0 Å². The average molecular weight is 410 g/mol. The number of nitrogens with zero attached hydrogens (tertiary/aromatic N) is 2. The highest BCUT2D eigenvalue weighted by atomic mass is 16.6. The molecule has 1 aliphatic carbocycles. The predicted octanol–water partition coefficient (Wildman–Crippen LogP) is 3.89. The van der Waals surface area contributed by atoms with E-state index < -0.39 is 5.97 Å². The molecule has 1 aromatic heterocycles. The molecule has 0 radical (unpaired) electrons. The van der Waals surface area contributed by atoms with E-state index in [2.05, 4.69) is 10.1 Å². The summed E-state index contributed by atoms with van der Waals surface area (Å²) in [4.78, 5) is 21.5. The molecule has 7 heteroatoms. The number of pyridine rings is 1. The minimum atomic E-state index is -1.10. The van der Waals surface area contributed by atoms with E-state index in [9.17, 15) is 9.90 Å². The lowest BCUT2D eigenvalue weighted by atomic mass is 10.0. The molecule has 1 aromatic carbocycles. The van der Waals surface area contributed by atoms with Gasteiger partial charge in [0.15, 0.2) is 0 Å². The number of hydrogen-bond donors (Lipinski definition) is 1. The second-order valence-corrected chi connectivity index (χ2v) is 7.03. The van der Waals surface area contributed by atoms with E-state index in [0.29, 0.717) is 30.3 Å². The molecule has 158 valence electrons. The lowest BCUT2D eigenvalue weighted by molar-refractivity contribution is -0.130. The fraction of sp³-hybridized carbons (Fsp3) is 0.348. The SMILES string of the molecule is COC=C(C(=O)O)c1ccccc1C(=NOCCCc1ccccn1)OCC1CC1. The molecule has 0 atom stereocenters. The van der Waals surface area contributed by atoms with Crippen molar-refractivity contribution in [2.45, 2.75) is 25.7 Å². The molecule has 0 bridgehead atoms. The average Bonchev–Trinajstić information content (AvgIpc) is 3.59. The fourth-order valence-corrected chi connectivity index (χ4v) is 2.85. The molecule has 2 aromatic rings. The van der Waals surface area contributed by atoms with Crippen LogP contribution in [0.2, 0.25) is 0 Å². The highest BCUT2D eigenvalue weighted by Gasteiger charge is 2.25. The van der Waals surface area contributed by atoms with Crippen molar-refractivity contribution in [3.8, 4) is 0 Å². The molecule has 3 rings (SSSR count). The number of carbonyl (C=O) groups is 1. The predicted molar refractivity (Wildman–Crippen MR) is 113 cm³/mol. The Hall–Kier alpha value is -3.35. The molecule has 30 heavy (non-hydrogen) atoms. The van der Waals surface area contributed by atoms with Crippen LogP contribution in [0.1, 0.15) is 36.1 Å². The van der Waals surface area contributed by atoms with E-state index in [1.54, 1.807) is 24.4 Å². The van der Waals surface area contributed by atoms with Crippen molar-refractivity contribution >= 4 is 17.4 Å². The molecule has 1 heterocycles. The lowest BCUT2D eigenvalue weighted by Crippen LogP contribution is -2.14. The topological polar surface area (TPSA) is 90.2 Å². The van der Waals surface area contributed by atoms with Gasteiger partial charge in [-0.3, -0.25) is 4.98 Å². The van der Waals surface area contributed by atoms with E-state index in [0.717, 1.165) is 31.4 Å². The van der Waals surface area contributed by atoms with Crippen molar-refractivity contribution in [1.29, 1.82) is 0 Å². The third kappa shape index (κ3) is 6.34. The van der Waals surface area contributed by atoms with Crippen LogP contribution in [0.15, 0.2) is 60.1 Å². The number of rotatable bonds is 11. The van der Waals surface area contributed by atoms with Crippen LogP contribution in [-0.2, 0) is 25.5 Å². The number of ether oxygens (including phenoxy) is 2. The van der Waals surface area contributed by atoms with Crippen LogP contribution in [0, 0.1) is 5.92 Å². The third-order valence-corrected chi connectivity index (χ3v) is 4.61. The second-order valence-electron chi connectivity index (χ2n) is 7.03. The summed E-state index contributed by atoms with van der Waals surface area (Å²) in [5.41, 5.74) is 2.02. The maximum absolute atomic E-state index is 11.7. The van der Waals surface area contributed by atoms with Crippen molar-refractivity contribution in [1.82, 2.24) is 4.98 Å². The third-order valence-electron chi connectivity index (χ3n) is 4.61. The Morgan fingerprint density at radius 1 is 1.20 bits per heavy atom. The van der Waals surface area contributed by atoms with Crippen LogP contribution in [0.5, 0.6) is 0 Å². The molecular formula is C23H26N2O5. The minimum Gasteiger partial charge on any atom is -0.503 e. The zero-order valence-electron chi connectivity index (χ0n) is 17.0. The summed E-state index contributed by atoms with van der Waals surface area (Å²) in [7, 11) is 1.41. The van der Waals surface area contributed by atoms with E-state index in [1.807, 2.05) is 24.3 Å². The number of carboxylic acids is 1. The molecule has 7 nitrogen and oxygen atoms in total. The van der Waals surface area contributed by atoms with Crippen molar-refractivity contribution in [3.63, 3.8) is 0 Å². The van der Waals surface area contributed by atoms with Gasteiger partial charge in [0.2, 0.25) is 0 Å². The summed E-state index contributed by atoms with van der Waals surface area (Å²) >= 11 is 0. The van der Waals surface area contributed by atoms with Gasteiger partial charge in [-0.2, -0.15) is 0 Å². The number of methoxy groups -OCH3 is 1. The zero-order chi connectivity index (χ0) is 21.2. The Balaban J connectivity index is 1.73. The van der Waals surface area contributed by atoms with Crippen LogP contribution in [0.25, 0.3) is 5.57 Å². The van der Waals surface area contributed by atoms with Crippen LogP contribution < -0.4 is 0 Å². The quantitative estimate of drug-likeness (QED) is 0.151. The minimum absolute atomic E-state index is 0.0194. The van der Waals surface area contributed by atoms with Gasteiger partial charge in [0.25, 0.3) is 5.90 Å². The van der Waals surface area contributed by atoms with Gasteiger partial charge in [0, 0.05) is 23.0 Å². The number of oxime groups is 1. The standard InChI is InChI=1S/C23H26N2O5/c1-28-16-21(23(26)27)19-9-2-3-10-20(19)22(29-15-17-11-12-17)25-30-14-6-8-18-7-4-5-13-24-18/h2-5,7,9-10,13,16-17H,6,8,11-12,14-15H2,1H3,(H,26,27). The number of hydrogen-bond acceptors (Lipinski definition) is 6. The van der Waals surface area contributed by atoms with Crippen molar-refractivity contribution in [3.05, 3.63) is 71.7 Å². The summed E-state index contributed by atoms with van der Waals surface area (Å²) in [5, 5.41) is 13.8. The van der Waals surface area contributed by atoms with Crippen LogP contribution >= 0.6 is 0 Å². The number of aryl methyl sites for hydroxylation is 1. The summed E-state index contributed by atoms with van der Waals surface area (Å²) in [6.45, 7) is 0.926. The summed E-state index contributed by atoms with van der Waals surface area (Å²) in [6.07, 6.45) is 6.76. The van der Waals surface area contributed by atoms with Gasteiger partial charge < -0.3 is 19.4 Å². The van der Waals surface area contributed by atoms with E-state index in [1.165, 1.54) is 13.4 Å². The van der Waals surface area contributed by atoms with E-state index in [-0.39, 0.29) is 11.5 Å². The number of benzene rings is 1. The van der Waals surface area contributed by atoms with Gasteiger partial charge in [-0.25, -0.2) is 4.79 Å². The second kappa shape index (κ2) is 11.0. The molecule has 1 aliphatic rings. The van der Waals surface area contributed by atoms with Crippen molar-refractivity contribution < 1.29 is 24.2 Å². The first kappa shape index (κ1) is 21.4. The fourth-order valence-electron chi connectivity index (χ4n) is 2.85. The van der Waals surface area contributed by atoms with Crippen molar-refractivity contribution in [2.24, 2.45) is 11.1 Å². The Morgan fingerprint density at radius 2 is 1.97 bits per heavy atom. The Labute approximate surface area is 176 Å². The first-order valence-corrected chi connectivity index (χ1v) is 9.97. The summed E-state index contributed by atoms with van der Waals surface area (Å²) in [6, 6.07) is 12.8. The molecule has 1 saturated carbocycles. The molecule has 0 spiro atoms. The van der Waals surface area contributed by atoms with E-state index in [4.69, 9.17) is 14.3 Å². The number of aliphatic carboxylic acids is 1. The Kier molecular flexibility index (Phi) is 7.83. The van der Waals surface area contributed by atoms with Crippen LogP contribution in [0.4, 0.5) is 0 Å². The zero-order valence-corrected chi connectivity index (χ0v) is 17.0. The van der Waals surface area contributed by atoms with Crippen molar-refractivity contribution in [2.75, 3.05) is 20.3 Å². The molecule has 0 unspecified atom stereocenters. The van der Waals surface area contributed by atoms with Gasteiger partial charge in [-0.05, 0) is 55.0 Å². The Morgan fingerprint density at radius 3 is 2.63 bits per heavy atom. The molecule has 1 fully saturated rings. The molecule has 1 N–H and O–H groups in total. The highest BCUT2D eigenvalue weighted by Crippen LogP contribution is 2.30. The number of carboxylic acid groups (broad SMARTS) is 1.